The minimum Gasteiger partial charge on any atom is -0.400 e. The van der Waals surface area contributed by atoms with Gasteiger partial charge in [-0.25, -0.2) is 0 Å². The van der Waals surface area contributed by atoms with E-state index < -0.39 is 0 Å². The molecular formula is C10H24N2O4. The van der Waals surface area contributed by atoms with Crippen molar-refractivity contribution in [1.82, 2.24) is 10.6 Å². The molecule has 0 aliphatic carbocycles. The fraction of sp³-hybridized carbons (Fsp3) is 0.800. The molecule has 0 fully saturated rings. The summed E-state index contributed by atoms with van der Waals surface area (Å²) in [6.45, 7) is 6.81. The molecule has 0 aliphatic heterocycles. The molecule has 6 nitrogen and oxygen atoms in total. The molecule has 0 unspecified atom stereocenters. The first-order valence-corrected chi connectivity index (χ1v) is 5.01. The van der Waals surface area contributed by atoms with Gasteiger partial charge in [0.05, 0.1) is 6.61 Å². The smallest absolute Gasteiger partial charge is 0.216 e. The Hall–Kier alpha value is -1.14. The number of amides is 2. The summed E-state index contributed by atoms with van der Waals surface area (Å²) < 4.78 is 0. The Kier molecular flexibility index (Phi) is 24.7. The van der Waals surface area contributed by atoms with Gasteiger partial charge in [-0.2, -0.15) is 0 Å². The van der Waals surface area contributed by atoms with E-state index in [2.05, 4.69) is 24.5 Å². The lowest BCUT2D eigenvalue weighted by molar-refractivity contribution is -0.119. The zero-order valence-electron chi connectivity index (χ0n) is 10.5. The van der Waals surface area contributed by atoms with Gasteiger partial charge in [-0.05, 0) is 5.92 Å². The van der Waals surface area contributed by atoms with Gasteiger partial charge in [-0.15, -0.1) is 0 Å². The summed E-state index contributed by atoms with van der Waals surface area (Å²) in [5.41, 5.74) is 0. The summed E-state index contributed by atoms with van der Waals surface area (Å²) in [5.74, 6) is 0.609. The highest BCUT2D eigenvalue weighted by Crippen LogP contribution is 1.85. The number of carbonyl (C=O) groups excluding carboxylic acids is 2. The van der Waals surface area contributed by atoms with Crippen molar-refractivity contribution in [3.8, 4) is 0 Å². The molecule has 98 valence electrons. The molecule has 16 heavy (non-hydrogen) atoms. The number of hydrogen-bond donors (Lipinski definition) is 4. The van der Waals surface area contributed by atoms with Crippen LogP contribution in [-0.4, -0.2) is 49.3 Å². The van der Waals surface area contributed by atoms with Gasteiger partial charge in [0, 0.05) is 27.1 Å². The van der Waals surface area contributed by atoms with Crippen LogP contribution in [0.2, 0.25) is 0 Å². The molecule has 0 aromatic heterocycles. The average molecular weight is 236 g/mol. The summed E-state index contributed by atoms with van der Waals surface area (Å²) in [5, 5.41) is 19.9. The van der Waals surface area contributed by atoms with Gasteiger partial charge < -0.3 is 20.8 Å². The molecular weight excluding hydrogens is 212 g/mol. The molecule has 0 atom stereocenters. The highest BCUT2D eigenvalue weighted by molar-refractivity contribution is 5.72. The number of hydrogen-bond acceptors (Lipinski definition) is 4. The average Bonchev–Trinajstić information content (AvgIpc) is 2.27. The second kappa shape index (κ2) is 19.4. The van der Waals surface area contributed by atoms with E-state index in [0.717, 1.165) is 13.7 Å². The topological polar surface area (TPSA) is 98.7 Å². The summed E-state index contributed by atoms with van der Waals surface area (Å²) >= 11 is 0. The van der Waals surface area contributed by atoms with Gasteiger partial charge in [-0.3, -0.25) is 9.59 Å². The SMILES string of the molecule is CC(=O)NCC(C)C.CO.O=CNCCO. The maximum Gasteiger partial charge on any atom is 0.216 e. The van der Waals surface area contributed by atoms with Crippen LogP contribution in [0.25, 0.3) is 0 Å². The predicted molar refractivity (Wildman–Crippen MR) is 62.8 cm³/mol. The van der Waals surface area contributed by atoms with Gasteiger partial charge in [-0.1, -0.05) is 13.8 Å². The largest absolute Gasteiger partial charge is 0.400 e. The number of aliphatic hydroxyl groups excluding tert-OH is 2. The second-order valence-electron chi connectivity index (χ2n) is 3.13. The Labute approximate surface area is 97.0 Å². The van der Waals surface area contributed by atoms with E-state index in [1.165, 1.54) is 6.92 Å². The zero-order chi connectivity index (χ0) is 13.4. The van der Waals surface area contributed by atoms with Gasteiger partial charge in [0.1, 0.15) is 0 Å². The van der Waals surface area contributed by atoms with E-state index >= 15 is 0 Å². The van der Waals surface area contributed by atoms with Crippen molar-refractivity contribution in [3.63, 3.8) is 0 Å². The molecule has 0 rings (SSSR count). The summed E-state index contributed by atoms with van der Waals surface area (Å²) in [4.78, 5) is 19.6. The molecule has 0 bridgehead atoms. The Bertz CT molecular complexity index is 152. The third kappa shape index (κ3) is 38.4. The minimum atomic E-state index is 0.0126. The van der Waals surface area contributed by atoms with Crippen LogP contribution in [0.15, 0.2) is 0 Å². The molecule has 2 amide bonds. The van der Waals surface area contributed by atoms with Gasteiger partial charge in [0.2, 0.25) is 12.3 Å². The van der Waals surface area contributed by atoms with Crippen molar-refractivity contribution in [2.45, 2.75) is 20.8 Å². The highest BCUT2D eigenvalue weighted by atomic mass is 16.3. The van der Waals surface area contributed by atoms with Crippen molar-refractivity contribution in [1.29, 1.82) is 0 Å². The van der Waals surface area contributed by atoms with E-state index in [-0.39, 0.29) is 12.5 Å². The van der Waals surface area contributed by atoms with Crippen molar-refractivity contribution in [3.05, 3.63) is 0 Å². The fourth-order valence-corrected chi connectivity index (χ4v) is 0.471. The lowest BCUT2D eigenvalue weighted by Crippen LogP contribution is -2.24. The van der Waals surface area contributed by atoms with Crippen LogP contribution < -0.4 is 10.6 Å². The second-order valence-corrected chi connectivity index (χ2v) is 3.13. The zero-order valence-corrected chi connectivity index (χ0v) is 10.5. The lowest BCUT2D eigenvalue weighted by Gasteiger charge is -2.02. The van der Waals surface area contributed by atoms with Gasteiger partial charge >= 0.3 is 0 Å². The Morgan fingerprint density at radius 2 is 1.88 bits per heavy atom. The third-order valence-electron chi connectivity index (χ3n) is 1.10. The monoisotopic (exact) mass is 236 g/mol. The lowest BCUT2D eigenvalue weighted by atomic mass is 10.2. The maximum atomic E-state index is 10.2. The number of aliphatic hydroxyl groups is 2. The van der Waals surface area contributed by atoms with Crippen molar-refractivity contribution < 1.29 is 19.8 Å². The minimum absolute atomic E-state index is 0.0126. The van der Waals surface area contributed by atoms with Crippen LogP contribution in [-0.2, 0) is 9.59 Å². The van der Waals surface area contributed by atoms with Crippen LogP contribution in [0.3, 0.4) is 0 Å². The summed E-state index contributed by atoms with van der Waals surface area (Å²) in [6, 6.07) is 0. The third-order valence-corrected chi connectivity index (χ3v) is 1.10. The van der Waals surface area contributed by atoms with Gasteiger partial charge in [0.15, 0.2) is 0 Å². The number of rotatable bonds is 5. The maximum absolute atomic E-state index is 10.2. The quantitative estimate of drug-likeness (QED) is 0.368. The van der Waals surface area contributed by atoms with Crippen molar-refractivity contribution in [2.75, 3.05) is 26.8 Å². The molecule has 0 saturated heterocycles. The van der Waals surface area contributed by atoms with E-state index in [9.17, 15) is 9.59 Å². The standard InChI is InChI=1S/C6H13NO.C3H7NO2.CH4O/c1-5(2)4-7-6(3)8;5-2-1-4-3-6;1-2/h5H,4H2,1-3H3,(H,7,8);3,5H,1-2H2,(H,4,6);2H,1H3. The predicted octanol–water partition coefficient (Wildman–Crippen LogP) is -0.888. The summed E-state index contributed by atoms with van der Waals surface area (Å²) in [7, 11) is 1.00. The van der Waals surface area contributed by atoms with Crippen molar-refractivity contribution >= 4 is 12.3 Å². The van der Waals surface area contributed by atoms with Crippen LogP contribution in [0.4, 0.5) is 0 Å². The number of carbonyl (C=O) groups is 2. The molecule has 0 heterocycles. The fourth-order valence-electron chi connectivity index (χ4n) is 0.471. The van der Waals surface area contributed by atoms with E-state index in [1.54, 1.807) is 0 Å². The first kappa shape index (κ1) is 20.3. The molecule has 6 heteroatoms. The van der Waals surface area contributed by atoms with Crippen LogP contribution in [0.5, 0.6) is 0 Å². The van der Waals surface area contributed by atoms with E-state index in [0.29, 0.717) is 18.9 Å². The molecule has 4 N–H and O–H groups in total. The Morgan fingerprint density at radius 1 is 1.38 bits per heavy atom. The first-order chi connectivity index (χ1) is 7.54. The molecule has 0 spiro atoms. The molecule has 0 saturated carbocycles. The number of nitrogens with one attached hydrogen (secondary N) is 2. The summed E-state index contributed by atoms with van der Waals surface area (Å²) in [6.07, 6.45) is 0.552. The first-order valence-electron chi connectivity index (χ1n) is 5.01. The normalized spacial score (nSPS) is 7.94. The molecule has 0 aliphatic rings. The van der Waals surface area contributed by atoms with E-state index in [4.69, 9.17) is 10.2 Å². The Morgan fingerprint density at radius 3 is 2.00 bits per heavy atom. The molecule has 0 aromatic carbocycles. The molecule has 0 radical (unpaired) electrons. The molecule has 0 aromatic rings. The van der Waals surface area contributed by atoms with Crippen LogP contribution in [0.1, 0.15) is 20.8 Å². The van der Waals surface area contributed by atoms with Crippen molar-refractivity contribution in [2.24, 2.45) is 5.92 Å². The van der Waals surface area contributed by atoms with Crippen LogP contribution >= 0.6 is 0 Å². The van der Waals surface area contributed by atoms with Crippen LogP contribution in [0, 0.1) is 5.92 Å². The van der Waals surface area contributed by atoms with Gasteiger partial charge in [0.25, 0.3) is 0 Å². The Balaban J connectivity index is -0.000000188. The highest BCUT2D eigenvalue weighted by Gasteiger charge is 1.92. The van der Waals surface area contributed by atoms with E-state index in [1.807, 2.05) is 0 Å².